The third-order valence-electron chi connectivity index (χ3n) is 6.05. The van der Waals surface area contributed by atoms with Crippen molar-refractivity contribution in [1.29, 1.82) is 0 Å². The van der Waals surface area contributed by atoms with Crippen LogP contribution in [-0.2, 0) is 0 Å². The molecule has 1 aromatic carbocycles. The zero-order valence-corrected chi connectivity index (χ0v) is 15.0. The maximum atomic E-state index is 12.5. The van der Waals surface area contributed by atoms with Crippen molar-refractivity contribution in [1.82, 2.24) is 10.9 Å². The summed E-state index contributed by atoms with van der Waals surface area (Å²) in [5.41, 5.74) is 16.2. The van der Waals surface area contributed by atoms with Crippen molar-refractivity contribution in [2.45, 2.75) is 19.8 Å². The fraction of sp³-hybridized carbons (Fsp3) is 0.526. The van der Waals surface area contributed by atoms with E-state index in [1.54, 1.807) is 21.9 Å². The van der Waals surface area contributed by atoms with Gasteiger partial charge in [0.1, 0.15) is 31.6 Å². The molecule has 25 heavy (non-hydrogen) atoms. The van der Waals surface area contributed by atoms with Gasteiger partial charge in [0.2, 0.25) is 0 Å². The monoisotopic (exact) mass is 343 g/mol. The van der Waals surface area contributed by atoms with E-state index in [2.05, 4.69) is 17.8 Å². The summed E-state index contributed by atoms with van der Waals surface area (Å²) in [6.45, 7) is 9.38. The van der Waals surface area contributed by atoms with Gasteiger partial charge in [0, 0.05) is 5.69 Å². The first-order chi connectivity index (χ1) is 12.1. The number of rotatable bonds is 5. The smallest absolute Gasteiger partial charge is 0.271 e. The van der Waals surface area contributed by atoms with E-state index in [-0.39, 0.29) is 11.3 Å². The topological polar surface area (TPSA) is 76.0 Å². The minimum absolute atomic E-state index is 0.162. The minimum Gasteiger partial charge on any atom is -0.398 e. The molecule has 4 aliphatic rings. The summed E-state index contributed by atoms with van der Waals surface area (Å²) in [6, 6.07) is 7.21. The van der Waals surface area contributed by atoms with Crippen LogP contribution in [0.3, 0.4) is 0 Å². The Bertz CT molecular complexity index is 696. The molecule has 4 heterocycles. The molecule has 2 fully saturated rings. The molecule has 0 saturated carbocycles. The van der Waals surface area contributed by atoms with E-state index in [0.717, 1.165) is 13.1 Å². The molecule has 0 aliphatic carbocycles. The zero-order valence-electron chi connectivity index (χ0n) is 15.0. The lowest BCUT2D eigenvalue weighted by atomic mass is 9.73. The average molecular weight is 343 g/mol. The van der Waals surface area contributed by atoms with Crippen molar-refractivity contribution in [3.05, 3.63) is 41.1 Å². The van der Waals surface area contributed by atoms with E-state index >= 15 is 0 Å². The fourth-order valence-corrected chi connectivity index (χ4v) is 5.14. The maximum absolute atomic E-state index is 12.5. The highest BCUT2D eigenvalue weighted by atomic mass is 16.2. The molecule has 2 atom stereocenters. The largest absolute Gasteiger partial charge is 0.398 e. The van der Waals surface area contributed by atoms with Crippen molar-refractivity contribution in [2.24, 2.45) is 5.41 Å². The number of nitrogen functional groups attached to an aromatic ring is 1. The number of fused-ring (bicyclic) bond motifs is 1. The normalized spacial score (nSPS) is 30.3. The first-order valence-corrected chi connectivity index (χ1v) is 9.42. The predicted molar refractivity (Wildman–Crippen MR) is 97.0 cm³/mol. The summed E-state index contributed by atoms with van der Waals surface area (Å²) in [5, 5.41) is 0. The maximum Gasteiger partial charge on any atom is 0.271 e. The first kappa shape index (κ1) is 16.4. The van der Waals surface area contributed by atoms with E-state index in [4.69, 9.17) is 5.73 Å². The molecule has 2 unspecified atom stereocenters. The van der Waals surface area contributed by atoms with Gasteiger partial charge in [-0.05, 0) is 18.6 Å². The summed E-state index contributed by atoms with van der Waals surface area (Å²) >= 11 is 0. The number of hydrogen-bond acceptors (Lipinski definition) is 3. The third-order valence-corrected chi connectivity index (χ3v) is 6.05. The van der Waals surface area contributed by atoms with Crippen molar-refractivity contribution in [3.63, 3.8) is 0 Å². The molecule has 0 spiro atoms. The van der Waals surface area contributed by atoms with Crippen molar-refractivity contribution in [3.8, 4) is 0 Å². The molecule has 4 bridgehead atoms. The molecule has 0 radical (unpaired) electrons. The Kier molecular flexibility index (Phi) is 4.17. The van der Waals surface area contributed by atoms with Gasteiger partial charge >= 0.3 is 0 Å². The van der Waals surface area contributed by atoms with Crippen LogP contribution in [0.5, 0.6) is 0 Å². The number of quaternary nitrogens is 2. The van der Waals surface area contributed by atoms with Crippen molar-refractivity contribution < 1.29 is 14.6 Å². The fourth-order valence-electron chi connectivity index (χ4n) is 5.14. The van der Waals surface area contributed by atoms with Crippen LogP contribution >= 0.6 is 0 Å². The number of nitrogens with two attached hydrogens (primary N) is 1. The Morgan fingerprint density at radius 3 is 2.52 bits per heavy atom. The lowest BCUT2D eigenvalue weighted by Crippen LogP contribution is -3.14. The van der Waals surface area contributed by atoms with Crippen LogP contribution in [0.1, 0.15) is 30.1 Å². The van der Waals surface area contributed by atoms with Crippen LogP contribution in [0.25, 0.3) is 0 Å². The van der Waals surface area contributed by atoms with Gasteiger partial charge in [0.05, 0.1) is 29.9 Å². The molecule has 1 aromatic rings. The lowest BCUT2D eigenvalue weighted by Gasteiger charge is -2.44. The van der Waals surface area contributed by atoms with Crippen LogP contribution < -0.4 is 26.4 Å². The number of benzene rings is 1. The van der Waals surface area contributed by atoms with Gasteiger partial charge in [0.25, 0.3) is 5.91 Å². The van der Waals surface area contributed by atoms with Gasteiger partial charge in [-0.15, -0.1) is 0 Å². The Balaban J connectivity index is 1.57. The average Bonchev–Trinajstić information content (AvgIpc) is 2.82. The zero-order chi connectivity index (χ0) is 17.4. The molecule has 4 aliphatic heterocycles. The van der Waals surface area contributed by atoms with Crippen molar-refractivity contribution >= 4 is 11.6 Å². The summed E-state index contributed by atoms with van der Waals surface area (Å²) in [7, 11) is 0. The summed E-state index contributed by atoms with van der Waals surface area (Å²) in [5.74, 6) is -0.162. The number of carbonyl (C=O) groups is 1. The highest BCUT2D eigenvalue weighted by Gasteiger charge is 2.52. The number of para-hydroxylation sites is 1. The standard InChI is InChI=1S/C19H27N5O/c1-2-7-19-12-23-8-9-24(13-19)11-14(10-23)17(19)21-22-18(25)15-5-3-4-6-16(15)20/h3-6,21H,2,7-13,20H2,1H3,(H,22,25)/p+2. The second-order valence-corrected chi connectivity index (χ2v) is 7.88. The third kappa shape index (κ3) is 2.89. The summed E-state index contributed by atoms with van der Waals surface area (Å²) < 4.78 is 0. The number of carbonyl (C=O) groups excluding carboxylic acids is 1. The molecule has 2 saturated heterocycles. The first-order valence-electron chi connectivity index (χ1n) is 9.42. The molecule has 6 nitrogen and oxygen atoms in total. The van der Waals surface area contributed by atoms with E-state index in [1.165, 1.54) is 50.3 Å². The SMILES string of the molecule is CCCC12C[NH+]3CC[NH+](CC(=C1NNC(=O)c1ccccc1N)C3)C2. The molecule has 0 aromatic heterocycles. The van der Waals surface area contributed by atoms with Crippen molar-refractivity contribution in [2.75, 3.05) is 45.0 Å². The predicted octanol–water partition coefficient (Wildman–Crippen LogP) is -1.65. The molecule has 6 heteroatoms. The second kappa shape index (κ2) is 6.35. The Morgan fingerprint density at radius 1 is 1.20 bits per heavy atom. The number of anilines is 1. The molecular formula is C19H29N5O+2. The summed E-state index contributed by atoms with van der Waals surface area (Å²) in [6.07, 6.45) is 2.34. The van der Waals surface area contributed by atoms with E-state index in [1.807, 2.05) is 12.1 Å². The van der Waals surface area contributed by atoms with E-state index < -0.39 is 0 Å². The molecule has 134 valence electrons. The Morgan fingerprint density at radius 2 is 1.88 bits per heavy atom. The second-order valence-electron chi connectivity index (χ2n) is 7.88. The van der Waals surface area contributed by atoms with Crippen LogP contribution in [0, 0.1) is 5.41 Å². The van der Waals surface area contributed by atoms with Gasteiger partial charge in [0.15, 0.2) is 0 Å². The molecular weight excluding hydrogens is 314 g/mol. The quantitative estimate of drug-likeness (QED) is 0.329. The van der Waals surface area contributed by atoms with Crippen LogP contribution in [-0.4, -0.2) is 45.2 Å². The molecule has 6 N–H and O–H groups in total. The Hall–Kier alpha value is -2.05. The number of amides is 1. The van der Waals surface area contributed by atoms with Gasteiger partial charge in [-0.3, -0.25) is 10.2 Å². The van der Waals surface area contributed by atoms with E-state index in [9.17, 15) is 4.79 Å². The minimum atomic E-state index is -0.162. The van der Waals surface area contributed by atoms with Gasteiger partial charge in [-0.1, -0.05) is 25.5 Å². The van der Waals surface area contributed by atoms with Crippen LogP contribution in [0.4, 0.5) is 5.69 Å². The van der Waals surface area contributed by atoms with Gasteiger partial charge in [-0.25, -0.2) is 0 Å². The summed E-state index contributed by atoms with van der Waals surface area (Å²) in [4.78, 5) is 16.0. The van der Waals surface area contributed by atoms with Gasteiger partial charge < -0.3 is 21.0 Å². The van der Waals surface area contributed by atoms with Gasteiger partial charge in [-0.2, -0.15) is 0 Å². The highest BCUT2D eigenvalue weighted by Crippen LogP contribution is 2.34. The lowest BCUT2D eigenvalue weighted by molar-refractivity contribution is -0.918. The highest BCUT2D eigenvalue weighted by molar-refractivity contribution is 5.98. The molecule has 5 rings (SSSR count). The Labute approximate surface area is 149 Å². The van der Waals surface area contributed by atoms with E-state index in [0.29, 0.717) is 11.3 Å². The number of nitrogens with one attached hydrogen (secondary N) is 4. The van der Waals surface area contributed by atoms with Crippen LogP contribution in [0.2, 0.25) is 0 Å². The molecule has 1 amide bonds. The van der Waals surface area contributed by atoms with Crippen LogP contribution in [0.15, 0.2) is 35.5 Å². The number of hydrazine groups is 1. The number of hydrogen-bond donors (Lipinski definition) is 5.